The summed E-state index contributed by atoms with van der Waals surface area (Å²) in [7, 11) is -8.22. The first-order valence-electron chi connectivity index (χ1n) is 6.94. The van der Waals surface area contributed by atoms with Crippen LogP contribution >= 0.6 is 0 Å². The Morgan fingerprint density at radius 3 is 2.00 bits per heavy atom. The van der Waals surface area contributed by atoms with Crippen LogP contribution in [0.15, 0.2) is 59.5 Å². The van der Waals surface area contributed by atoms with Gasteiger partial charge >= 0.3 is 4.27 Å². The Morgan fingerprint density at radius 1 is 0.913 bits per heavy atom. The number of rotatable bonds is 4. The highest BCUT2D eigenvalue weighted by Crippen LogP contribution is 2.58. The van der Waals surface area contributed by atoms with Crippen molar-refractivity contribution in [3.05, 3.63) is 65.7 Å². The first-order valence-corrected chi connectivity index (χ1v) is 10.3. The van der Waals surface area contributed by atoms with Crippen LogP contribution in [-0.2, 0) is 24.4 Å². The van der Waals surface area contributed by atoms with E-state index in [9.17, 15) is 16.8 Å². The first kappa shape index (κ1) is 16.2. The summed E-state index contributed by atoms with van der Waals surface area (Å²) in [5.74, 6) is 0. The van der Waals surface area contributed by atoms with Gasteiger partial charge in [0, 0.05) is 6.26 Å². The third-order valence-electron chi connectivity index (χ3n) is 3.87. The van der Waals surface area contributed by atoms with Crippen molar-refractivity contribution in [3.63, 3.8) is 0 Å². The Hall–Kier alpha value is -1.70. The van der Waals surface area contributed by atoms with E-state index in [-0.39, 0.29) is 4.90 Å². The molecule has 2 aromatic rings. The molecule has 0 radical (unpaired) electrons. The lowest BCUT2D eigenvalue weighted by Crippen LogP contribution is -2.34. The summed E-state index contributed by atoms with van der Waals surface area (Å²) in [4.78, 5) is -0.0630. The molecule has 0 spiro atoms. The van der Waals surface area contributed by atoms with Gasteiger partial charge < -0.3 is 4.74 Å². The van der Waals surface area contributed by atoms with Crippen molar-refractivity contribution in [3.8, 4) is 0 Å². The maximum atomic E-state index is 13.0. The van der Waals surface area contributed by atoms with E-state index in [0.29, 0.717) is 5.56 Å². The van der Waals surface area contributed by atoms with Crippen molar-refractivity contribution >= 4 is 19.7 Å². The van der Waals surface area contributed by atoms with Crippen LogP contribution in [0.25, 0.3) is 0 Å². The number of epoxide rings is 1. The van der Waals surface area contributed by atoms with Crippen LogP contribution in [0.4, 0.5) is 0 Å². The largest absolute Gasteiger partial charge is 0.331 e. The minimum atomic E-state index is -4.21. The van der Waals surface area contributed by atoms with Crippen LogP contribution in [-0.4, -0.2) is 27.4 Å². The van der Waals surface area contributed by atoms with Gasteiger partial charge in [-0.3, -0.25) is 0 Å². The molecule has 0 saturated carbocycles. The molecule has 0 unspecified atom stereocenters. The topological polar surface area (TPSA) is 80.8 Å². The molecular formula is C16H16O5S2. The predicted molar refractivity (Wildman–Crippen MR) is 86.2 cm³/mol. The molecule has 5 nitrogen and oxygen atoms in total. The molecule has 1 heterocycles. The van der Waals surface area contributed by atoms with Gasteiger partial charge in [-0.1, -0.05) is 48.0 Å². The maximum Gasteiger partial charge on any atom is 0.306 e. The fraction of sp³-hybridized carbons (Fsp3) is 0.250. The quantitative estimate of drug-likeness (QED) is 0.788. The van der Waals surface area contributed by atoms with Gasteiger partial charge in [-0.2, -0.15) is 0 Å². The standard InChI is InChI=1S/C16H16O5S2/c1-12-8-10-14(11-9-12)23(19,20)16(22(2,17)18)15(21-16)13-6-4-3-5-7-13/h3-11,15H,1-2H3/t15-,16-/m1/s1. The Labute approximate surface area is 135 Å². The Balaban J connectivity index is 2.15. The minimum absolute atomic E-state index is 0.0630. The van der Waals surface area contributed by atoms with Crippen LogP contribution in [0.5, 0.6) is 0 Å². The summed E-state index contributed by atoms with van der Waals surface area (Å²) in [6.07, 6.45) is -0.133. The van der Waals surface area contributed by atoms with Crippen molar-refractivity contribution in [2.45, 2.75) is 22.2 Å². The minimum Gasteiger partial charge on any atom is -0.331 e. The van der Waals surface area contributed by atoms with Crippen LogP contribution in [0.1, 0.15) is 17.2 Å². The fourth-order valence-corrected chi connectivity index (χ4v) is 6.74. The second-order valence-electron chi connectivity index (χ2n) is 5.60. The molecule has 1 aliphatic rings. The highest BCUT2D eigenvalue weighted by Gasteiger charge is 2.74. The highest BCUT2D eigenvalue weighted by molar-refractivity contribution is 8.10. The summed E-state index contributed by atoms with van der Waals surface area (Å²) in [5.41, 5.74) is 1.40. The van der Waals surface area contributed by atoms with Crippen molar-refractivity contribution in [2.75, 3.05) is 6.26 Å². The fourth-order valence-electron chi connectivity index (χ4n) is 2.60. The van der Waals surface area contributed by atoms with Gasteiger partial charge in [0.05, 0.1) is 4.90 Å². The van der Waals surface area contributed by atoms with Crippen LogP contribution in [0.2, 0.25) is 0 Å². The molecule has 1 saturated heterocycles. The first-order chi connectivity index (χ1) is 10.7. The monoisotopic (exact) mass is 352 g/mol. The normalized spacial score (nSPS) is 24.3. The average molecular weight is 352 g/mol. The van der Waals surface area contributed by atoms with Crippen molar-refractivity contribution in [1.82, 2.24) is 0 Å². The summed E-state index contributed by atoms with van der Waals surface area (Å²) in [6.45, 7) is 1.82. The number of sulfone groups is 2. The molecule has 0 bridgehead atoms. The van der Waals surface area contributed by atoms with E-state index in [1.165, 1.54) is 12.1 Å². The van der Waals surface area contributed by atoms with Crippen LogP contribution in [0, 0.1) is 6.92 Å². The zero-order valence-electron chi connectivity index (χ0n) is 12.6. The Kier molecular flexibility index (Phi) is 3.62. The Bertz CT molecular complexity index is 932. The molecular weight excluding hydrogens is 336 g/mol. The van der Waals surface area contributed by atoms with E-state index < -0.39 is 30.0 Å². The van der Waals surface area contributed by atoms with Gasteiger partial charge in [0.2, 0.25) is 9.84 Å². The number of ether oxygens (including phenoxy) is 1. The molecule has 1 aliphatic heterocycles. The van der Waals surface area contributed by atoms with Crippen molar-refractivity contribution in [2.24, 2.45) is 0 Å². The van der Waals surface area contributed by atoms with Crippen molar-refractivity contribution in [1.29, 1.82) is 0 Å². The predicted octanol–water partition coefficient (Wildman–Crippen LogP) is 2.24. The Morgan fingerprint density at radius 2 is 1.48 bits per heavy atom. The SMILES string of the molecule is Cc1ccc(S(=O)(=O)[C@@]2(S(C)(=O)=O)O[C@@H]2c2ccccc2)cc1. The van der Waals surface area contributed by atoms with E-state index in [2.05, 4.69) is 0 Å². The second-order valence-corrected chi connectivity index (χ2v) is 10.1. The number of hydrogen-bond donors (Lipinski definition) is 0. The highest BCUT2D eigenvalue weighted by atomic mass is 32.3. The number of benzene rings is 2. The maximum absolute atomic E-state index is 13.0. The molecule has 0 aromatic heterocycles. The smallest absolute Gasteiger partial charge is 0.306 e. The molecule has 122 valence electrons. The molecule has 0 aliphatic carbocycles. The summed E-state index contributed by atoms with van der Waals surface area (Å²) in [6, 6.07) is 14.6. The summed E-state index contributed by atoms with van der Waals surface area (Å²) < 4.78 is 53.5. The molecule has 7 heteroatoms. The second kappa shape index (κ2) is 5.15. The van der Waals surface area contributed by atoms with E-state index in [1.54, 1.807) is 42.5 Å². The van der Waals surface area contributed by atoms with Gasteiger partial charge in [0.1, 0.15) is 6.10 Å². The molecule has 2 aromatic carbocycles. The van der Waals surface area contributed by atoms with E-state index in [1.807, 2.05) is 6.92 Å². The number of aryl methyl sites for hydroxylation is 1. The van der Waals surface area contributed by atoms with E-state index in [0.717, 1.165) is 11.8 Å². The molecule has 1 fully saturated rings. The zero-order valence-corrected chi connectivity index (χ0v) is 14.3. The third-order valence-corrected chi connectivity index (χ3v) is 8.73. The molecule has 2 atom stereocenters. The van der Waals surface area contributed by atoms with Crippen LogP contribution in [0.3, 0.4) is 0 Å². The van der Waals surface area contributed by atoms with Crippen LogP contribution < -0.4 is 0 Å². The molecule has 3 rings (SSSR count). The molecule has 0 N–H and O–H groups in total. The van der Waals surface area contributed by atoms with Gasteiger partial charge in [-0.15, -0.1) is 0 Å². The third kappa shape index (κ3) is 2.39. The van der Waals surface area contributed by atoms with Gasteiger partial charge in [-0.05, 0) is 24.6 Å². The molecule has 23 heavy (non-hydrogen) atoms. The van der Waals surface area contributed by atoms with E-state index >= 15 is 0 Å². The zero-order chi connectivity index (χ0) is 16.9. The average Bonchev–Trinajstić information content (AvgIpc) is 3.26. The lowest BCUT2D eigenvalue weighted by atomic mass is 10.2. The lowest BCUT2D eigenvalue weighted by Gasteiger charge is -2.13. The van der Waals surface area contributed by atoms with E-state index in [4.69, 9.17) is 4.74 Å². The summed E-state index contributed by atoms with van der Waals surface area (Å²) >= 11 is 0. The summed E-state index contributed by atoms with van der Waals surface area (Å²) in [5, 5.41) is 0. The lowest BCUT2D eigenvalue weighted by molar-refractivity contribution is 0.380. The van der Waals surface area contributed by atoms with Gasteiger partial charge in [-0.25, -0.2) is 16.8 Å². The van der Waals surface area contributed by atoms with Gasteiger partial charge in [0.15, 0.2) is 9.84 Å². The molecule has 0 amide bonds. The van der Waals surface area contributed by atoms with Gasteiger partial charge in [0.25, 0.3) is 0 Å². The number of hydrogen-bond acceptors (Lipinski definition) is 5. The van der Waals surface area contributed by atoms with Crippen molar-refractivity contribution < 1.29 is 21.6 Å².